The van der Waals surface area contributed by atoms with Gasteiger partial charge in [-0.2, -0.15) is 0 Å². The zero-order valence-electron chi connectivity index (χ0n) is 9.51. The second-order valence-electron chi connectivity index (χ2n) is 3.92. The van der Waals surface area contributed by atoms with E-state index in [9.17, 15) is 9.59 Å². The van der Waals surface area contributed by atoms with E-state index in [-0.39, 0.29) is 17.7 Å². The van der Waals surface area contributed by atoms with E-state index >= 15 is 0 Å². The molecule has 3 heteroatoms. The lowest BCUT2D eigenvalue weighted by Gasteiger charge is -2.23. The number of carbonyl (C=O) groups excluding carboxylic acids is 2. The van der Waals surface area contributed by atoms with Crippen molar-refractivity contribution in [2.75, 3.05) is 0 Å². The Morgan fingerprint density at radius 2 is 2.27 bits per heavy atom. The molecule has 84 valence electrons. The van der Waals surface area contributed by atoms with Gasteiger partial charge in [-0.25, -0.2) is 0 Å². The van der Waals surface area contributed by atoms with Crippen molar-refractivity contribution in [1.29, 1.82) is 0 Å². The van der Waals surface area contributed by atoms with Gasteiger partial charge in [0, 0.05) is 18.4 Å². The third-order valence-corrected chi connectivity index (χ3v) is 2.71. The third kappa shape index (κ3) is 3.18. The summed E-state index contributed by atoms with van der Waals surface area (Å²) in [6, 6.07) is -0.0596. The lowest BCUT2D eigenvalue weighted by atomic mass is 9.93. The molecule has 1 aliphatic heterocycles. The number of rotatable bonds is 5. The minimum absolute atomic E-state index is 0.0221. The minimum atomic E-state index is -0.0596. The Morgan fingerprint density at radius 1 is 1.53 bits per heavy atom. The summed E-state index contributed by atoms with van der Waals surface area (Å²) < 4.78 is 0. The van der Waals surface area contributed by atoms with Crippen LogP contribution in [-0.2, 0) is 9.59 Å². The average Bonchev–Trinajstić information content (AvgIpc) is 2.25. The molecule has 0 saturated carbocycles. The van der Waals surface area contributed by atoms with Crippen LogP contribution in [0.15, 0.2) is 11.6 Å². The number of carbonyl (C=O) groups is 2. The summed E-state index contributed by atoms with van der Waals surface area (Å²) in [5.41, 5.74) is 0.811. The van der Waals surface area contributed by atoms with Gasteiger partial charge in [-0.05, 0) is 12.8 Å². The Bertz CT molecular complexity index is 281. The Morgan fingerprint density at radius 3 is 2.87 bits per heavy atom. The second kappa shape index (κ2) is 5.69. The summed E-state index contributed by atoms with van der Waals surface area (Å²) in [6.45, 7) is 4.05. The maximum Gasteiger partial charge on any atom is 0.224 e. The van der Waals surface area contributed by atoms with E-state index in [0.717, 1.165) is 24.8 Å². The molecule has 0 aromatic heterocycles. The smallest absolute Gasteiger partial charge is 0.224 e. The largest absolute Gasteiger partial charge is 0.349 e. The standard InChI is InChI=1S/C12H19NO2/c1-3-5-6-11(14)9-7-8-12(15)13-10(9)4-2/h7,10H,3-6,8H2,1-2H3,(H,13,15). The van der Waals surface area contributed by atoms with Crippen LogP contribution in [0.1, 0.15) is 46.0 Å². The molecule has 1 heterocycles. The lowest BCUT2D eigenvalue weighted by Crippen LogP contribution is -2.40. The molecular weight excluding hydrogens is 190 g/mol. The van der Waals surface area contributed by atoms with Crippen molar-refractivity contribution in [2.24, 2.45) is 0 Å². The first-order chi connectivity index (χ1) is 7.19. The van der Waals surface area contributed by atoms with Gasteiger partial charge in [-0.1, -0.05) is 26.3 Å². The number of unbranched alkanes of at least 4 members (excludes halogenated alkanes) is 1. The molecular formula is C12H19NO2. The number of nitrogens with one attached hydrogen (secondary N) is 1. The molecule has 0 saturated heterocycles. The van der Waals surface area contributed by atoms with Gasteiger partial charge in [0.1, 0.15) is 0 Å². The normalized spacial score (nSPS) is 20.8. The Balaban J connectivity index is 2.65. The Labute approximate surface area is 90.9 Å². The molecule has 0 aliphatic carbocycles. The van der Waals surface area contributed by atoms with E-state index in [2.05, 4.69) is 12.2 Å². The van der Waals surface area contributed by atoms with Crippen LogP contribution >= 0.6 is 0 Å². The maximum atomic E-state index is 11.8. The maximum absolute atomic E-state index is 11.8. The number of hydrogen-bond donors (Lipinski definition) is 1. The number of hydrogen-bond acceptors (Lipinski definition) is 2. The highest BCUT2D eigenvalue weighted by molar-refractivity contribution is 5.99. The van der Waals surface area contributed by atoms with Crippen LogP contribution in [0.5, 0.6) is 0 Å². The molecule has 0 fully saturated rings. The molecule has 0 spiro atoms. The zero-order chi connectivity index (χ0) is 11.3. The topological polar surface area (TPSA) is 46.2 Å². The fraction of sp³-hybridized carbons (Fsp3) is 0.667. The van der Waals surface area contributed by atoms with Gasteiger partial charge in [0.15, 0.2) is 5.78 Å². The van der Waals surface area contributed by atoms with Crippen LogP contribution < -0.4 is 5.32 Å². The van der Waals surface area contributed by atoms with E-state index in [1.54, 1.807) is 6.08 Å². The van der Waals surface area contributed by atoms with Gasteiger partial charge in [0.2, 0.25) is 5.91 Å². The van der Waals surface area contributed by atoms with Crippen molar-refractivity contribution in [3.05, 3.63) is 11.6 Å². The summed E-state index contributed by atoms with van der Waals surface area (Å²) in [5.74, 6) is 0.220. The highest BCUT2D eigenvalue weighted by Gasteiger charge is 2.24. The first kappa shape index (κ1) is 12.0. The second-order valence-corrected chi connectivity index (χ2v) is 3.92. The molecule has 1 atom stereocenters. The van der Waals surface area contributed by atoms with E-state index in [1.165, 1.54) is 0 Å². The molecule has 1 N–H and O–H groups in total. The van der Waals surface area contributed by atoms with Crippen molar-refractivity contribution in [3.8, 4) is 0 Å². The number of ketones is 1. The van der Waals surface area contributed by atoms with Crippen LogP contribution in [0.3, 0.4) is 0 Å². The predicted octanol–water partition coefficient (Wildman–Crippen LogP) is 1.97. The van der Waals surface area contributed by atoms with Gasteiger partial charge in [0.05, 0.1) is 6.04 Å². The molecule has 0 aromatic rings. The fourth-order valence-electron chi connectivity index (χ4n) is 1.79. The van der Waals surface area contributed by atoms with Crippen molar-refractivity contribution < 1.29 is 9.59 Å². The molecule has 0 bridgehead atoms. The SMILES string of the molecule is CCCCC(=O)C1=CCC(=O)NC1CC. The number of amides is 1. The molecule has 1 amide bonds. The van der Waals surface area contributed by atoms with Crippen LogP contribution in [-0.4, -0.2) is 17.7 Å². The highest BCUT2D eigenvalue weighted by atomic mass is 16.2. The summed E-state index contributed by atoms with van der Waals surface area (Å²) in [5, 5.41) is 2.85. The summed E-state index contributed by atoms with van der Waals surface area (Å²) in [4.78, 5) is 23.0. The van der Waals surface area contributed by atoms with Gasteiger partial charge in [-0.3, -0.25) is 9.59 Å². The monoisotopic (exact) mass is 209 g/mol. The summed E-state index contributed by atoms with van der Waals surface area (Å²) in [6.07, 6.45) is 5.50. The fourth-order valence-corrected chi connectivity index (χ4v) is 1.79. The van der Waals surface area contributed by atoms with Crippen LogP contribution in [0.4, 0.5) is 0 Å². The first-order valence-corrected chi connectivity index (χ1v) is 5.71. The average molecular weight is 209 g/mol. The lowest BCUT2D eigenvalue weighted by molar-refractivity contribution is -0.121. The van der Waals surface area contributed by atoms with Crippen molar-refractivity contribution >= 4 is 11.7 Å². The van der Waals surface area contributed by atoms with Crippen molar-refractivity contribution in [2.45, 2.75) is 52.0 Å². The van der Waals surface area contributed by atoms with Gasteiger partial charge >= 0.3 is 0 Å². The molecule has 3 nitrogen and oxygen atoms in total. The molecule has 0 aromatic carbocycles. The quantitative estimate of drug-likeness (QED) is 0.752. The van der Waals surface area contributed by atoms with Gasteiger partial charge < -0.3 is 5.32 Å². The Kier molecular flexibility index (Phi) is 4.53. The van der Waals surface area contributed by atoms with E-state index in [1.807, 2.05) is 6.92 Å². The van der Waals surface area contributed by atoms with E-state index in [4.69, 9.17) is 0 Å². The predicted molar refractivity (Wildman–Crippen MR) is 59.5 cm³/mol. The van der Waals surface area contributed by atoms with Crippen molar-refractivity contribution in [3.63, 3.8) is 0 Å². The highest BCUT2D eigenvalue weighted by Crippen LogP contribution is 2.16. The van der Waals surface area contributed by atoms with E-state index < -0.39 is 0 Å². The van der Waals surface area contributed by atoms with Gasteiger partial charge in [0.25, 0.3) is 0 Å². The van der Waals surface area contributed by atoms with Gasteiger partial charge in [-0.15, -0.1) is 0 Å². The summed E-state index contributed by atoms with van der Waals surface area (Å²) >= 11 is 0. The zero-order valence-corrected chi connectivity index (χ0v) is 9.51. The third-order valence-electron chi connectivity index (χ3n) is 2.71. The van der Waals surface area contributed by atoms with Crippen LogP contribution in [0, 0.1) is 0 Å². The number of Topliss-reactive ketones (excluding diaryl/α,β-unsaturated/α-hetero) is 1. The van der Waals surface area contributed by atoms with Crippen LogP contribution in [0.25, 0.3) is 0 Å². The minimum Gasteiger partial charge on any atom is -0.349 e. The molecule has 1 unspecified atom stereocenters. The first-order valence-electron chi connectivity index (χ1n) is 5.71. The molecule has 1 aliphatic rings. The van der Waals surface area contributed by atoms with Crippen molar-refractivity contribution in [1.82, 2.24) is 5.32 Å². The van der Waals surface area contributed by atoms with E-state index in [0.29, 0.717) is 12.8 Å². The molecule has 15 heavy (non-hydrogen) atoms. The molecule has 0 radical (unpaired) electrons. The summed E-state index contributed by atoms with van der Waals surface area (Å²) in [7, 11) is 0. The Hall–Kier alpha value is -1.12. The van der Waals surface area contributed by atoms with Crippen LogP contribution in [0.2, 0.25) is 0 Å². The molecule has 1 rings (SSSR count).